The van der Waals surface area contributed by atoms with Crippen LogP contribution in [0.4, 0.5) is 16.2 Å². The minimum Gasteiger partial charge on any atom is -0.465 e. The fourth-order valence-corrected chi connectivity index (χ4v) is 0.973. The van der Waals surface area contributed by atoms with Crippen LogP contribution in [0.5, 0.6) is 0 Å². The van der Waals surface area contributed by atoms with Crippen LogP contribution in [-0.2, 0) is 0 Å². The summed E-state index contributed by atoms with van der Waals surface area (Å²) in [5, 5.41) is 20.9. The minimum atomic E-state index is -1.24. The molecule has 6 heteroatoms. The van der Waals surface area contributed by atoms with Crippen LogP contribution in [0, 0.1) is 17.0 Å². The maximum atomic E-state index is 10.4. The lowest BCUT2D eigenvalue weighted by molar-refractivity contribution is -0.384. The van der Waals surface area contributed by atoms with E-state index in [2.05, 4.69) is 5.32 Å². The number of carboxylic acid groups (broad SMARTS) is 1. The number of aryl methyl sites for hydroxylation is 1. The summed E-state index contributed by atoms with van der Waals surface area (Å²) in [7, 11) is 0. The van der Waals surface area contributed by atoms with Gasteiger partial charge in [0.1, 0.15) is 0 Å². The number of hydrogen-bond donors (Lipinski definition) is 2. The van der Waals surface area contributed by atoms with Gasteiger partial charge >= 0.3 is 6.09 Å². The molecule has 1 aromatic rings. The van der Waals surface area contributed by atoms with Crippen LogP contribution in [0.15, 0.2) is 18.2 Å². The molecule has 6 nitrogen and oxygen atoms in total. The van der Waals surface area contributed by atoms with Crippen molar-refractivity contribution in [2.24, 2.45) is 0 Å². The van der Waals surface area contributed by atoms with E-state index in [1.165, 1.54) is 18.2 Å². The van der Waals surface area contributed by atoms with Gasteiger partial charge in [0.25, 0.3) is 5.69 Å². The Bertz CT molecular complexity index is 389. The highest BCUT2D eigenvalue weighted by molar-refractivity contribution is 5.84. The Hall–Kier alpha value is -2.11. The van der Waals surface area contributed by atoms with E-state index in [4.69, 9.17) is 5.11 Å². The number of anilines is 1. The van der Waals surface area contributed by atoms with Gasteiger partial charge in [0.15, 0.2) is 0 Å². The molecule has 1 rings (SSSR count). The lowest BCUT2D eigenvalue weighted by Crippen LogP contribution is -2.08. The number of nitrogens with one attached hydrogen (secondary N) is 1. The van der Waals surface area contributed by atoms with Crippen LogP contribution in [0.2, 0.25) is 0 Å². The van der Waals surface area contributed by atoms with E-state index < -0.39 is 11.0 Å². The Morgan fingerprint density at radius 2 is 2.21 bits per heavy atom. The molecule has 0 heterocycles. The summed E-state index contributed by atoms with van der Waals surface area (Å²) < 4.78 is 0. The van der Waals surface area contributed by atoms with E-state index in [0.29, 0.717) is 5.56 Å². The van der Waals surface area contributed by atoms with Crippen molar-refractivity contribution >= 4 is 17.5 Å². The second-order valence-electron chi connectivity index (χ2n) is 2.69. The molecule has 0 spiro atoms. The van der Waals surface area contributed by atoms with Crippen molar-refractivity contribution in [1.82, 2.24) is 0 Å². The van der Waals surface area contributed by atoms with Crippen molar-refractivity contribution in [2.75, 3.05) is 5.32 Å². The van der Waals surface area contributed by atoms with Crippen LogP contribution in [0.25, 0.3) is 0 Å². The Morgan fingerprint density at radius 3 is 2.71 bits per heavy atom. The van der Waals surface area contributed by atoms with E-state index >= 15 is 0 Å². The zero-order valence-electron chi connectivity index (χ0n) is 7.35. The number of amides is 1. The van der Waals surface area contributed by atoms with Gasteiger partial charge in [0.2, 0.25) is 0 Å². The van der Waals surface area contributed by atoms with Gasteiger partial charge in [-0.05, 0) is 12.5 Å². The summed E-state index contributed by atoms with van der Waals surface area (Å²) in [6.45, 7) is 1.66. The number of hydrogen-bond acceptors (Lipinski definition) is 3. The van der Waals surface area contributed by atoms with Crippen molar-refractivity contribution in [3.8, 4) is 0 Å². The molecule has 0 aliphatic carbocycles. The highest BCUT2D eigenvalue weighted by Gasteiger charge is 2.09. The fraction of sp³-hybridized carbons (Fsp3) is 0.125. The number of nitrogens with zero attached hydrogens (tertiary/aromatic N) is 1. The van der Waals surface area contributed by atoms with E-state index in [0.717, 1.165) is 0 Å². The third kappa shape index (κ3) is 2.19. The van der Waals surface area contributed by atoms with Gasteiger partial charge in [-0.25, -0.2) is 4.79 Å². The largest absolute Gasteiger partial charge is 0.465 e. The number of rotatable bonds is 2. The first-order valence-electron chi connectivity index (χ1n) is 3.75. The SMILES string of the molecule is Cc1ccc([N+](=O)[O-])cc1NC(=O)O. The molecular weight excluding hydrogens is 188 g/mol. The van der Waals surface area contributed by atoms with Crippen molar-refractivity contribution in [3.05, 3.63) is 33.9 Å². The summed E-state index contributed by atoms with van der Waals surface area (Å²) in [5.74, 6) is 0. The standard InChI is InChI=1S/C8H8N2O4/c1-5-2-3-6(10(13)14)4-7(5)9-8(11)12/h2-4,9H,1H3,(H,11,12). The summed E-state index contributed by atoms with van der Waals surface area (Å²) >= 11 is 0. The van der Waals surface area contributed by atoms with Gasteiger partial charge in [-0.2, -0.15) is 0 Å². The first-order valence-corrected chi connectivity index (χ1v) is 3.75. The molecule has 1 aromatic carbocycles. The second kappa shape index (κ2) is 3.73. The van der Waals surface area contributed by atoms with Crippen molar-refractivity contribution in [1.29, 1.82) is 0 Å². The van der Waals surface area contributed by atoms with Crippen LogP contribution in [0.3, 0.4) is 0 Å². The molecule has 0 fully saturated rings. The number of nitro groups is 1. The van der Waals surface area contributed by atoms with E-state index in [9.17, 15) is 14.9 Å². The molecule has 14 heavy (non-hydrogen) atoms. The zero-order chi connectivity index (χ0) is 10.7. The topological polar surface area (TPSA) is 92.5 Å². The molecule has 0 aliphatic heterocycles. The molecule has 0 aliphatic rings. The van der Waals surface area contributed by atoms with E-state index in [-0.39, 0.29) is 11.4 Å². The van der Waals surface area contributed by atoms with Gasteiger partial charge in [-0.15, -0.1) is 0 Å². The molecule has 0 bridgehead atoms. The summed E-state index contributed by atoms with van der Waals surface area (Å²) in [6, 6.07) is 4.00. The second-order valence-corrected chi connectivity index (χ2v) is 2.69. The van der Waals surface area contributed by atoms with Crippen molar-refractivity contribution in [2.45, 2.75) is 6.92 Å². The molecule has 1 amide bonds. The van der Waals surface area contributed by atoms with E-state index in [1.807, 2.05) is 0 Å². The molecule has 0 atom stereocenters. The van der Waals surface area contributed by atoms with Crippen LogP contribution in [0.1, 0.15) is 5.56 Å². The predicted octanol–water partition coefficient (Wildman–Crippen LogP) is 1.99. The average Bonchev–Trinajstić information content (AvgIpc) is 2.07. The molecule has 0 saturated carbocycles. The minimum absolute atomic E-state index is 0.139. The average molecular weight is 196 g/mol. The van der Waals surface area contributed by atoms with Gasteiger partial charge < -0.3 is 5.11 Å². The lowest BCUT2D eigenvalue weighted by Gasteiger charge is -2.03. The summed E-state index contributed by atoms with van der Waals surface area (Å²) in [5.41, 5.74) is 0.726. The zero-order valence-corrected chi connectivity index (χ0v) is 7.35. The van der Waals surface area contributed by atoms with Crippen molar-refractivity contribution < 1.29 is 14.8 Å². The Morgan fingerprint density at radius 1 is 1.57 bits per heavy atom. The number of non-ortho nitro benzene ring substituents is 1. The number of benzene rings is 1. The lowest BCUT2D eigenvalue weighted by atomic mass is 10.2. The van der Waals surface area contributed by atoms with Gasteiger partial charge in [0.05, 0.1) is 10.6 Å². The molecular formula is C8H8N2O4. The van der Waals surface area contributed by atoms with Gasteiger partial charge in [-0.3, -0.25) is 15.4 Å². The van der Waals surface area contributed by atoms with Gasteiger partial charge in [-0.1, -0.05) is 6.07 Å². The molecule has 2 N–H and O–H groups in total. The third-order valence-corrected chi connectivity index (χ3v) is 1.67. The Labute approximate surface area is 79.3 Å². The molecule has 74 valence electrons. The quantitative estimate of drug-likeness (QED) is 0.558. The summed E-state index contributed by atoms with van der Waals surface area (Å²) in [4.78, 5) is 20.1. The van der Waals surface area contributed by atoms with Crippen LogP contribution < -0.4 is 5.32 Å². The monoisotopic (exact) mass is 196 g/mol. The van der Waals surface area contributed by atoms with Crippen molar-refractivity contribution in [3.63, 3.8) is 0 Å². The normalized spacial score (nSPS) is 9.50. The highest BCUT2D eigenvalue weighted by atomic mass is 16.6. The Kier molecular flexibility index (Phi) is 2.66. The fourth-order valence-electron chi connectivity index (χ4n) is 0.973. The smallest absolute Gasteiger partial charge is 0.409 e. The number of carbonyl (C=O) groups is 1. The maximum Gasteiger partial charge on any atom is 0.409 e. The maximum absolute atomic E-state index is 10.4. The first kappa shape index (κ1) is 9.97. The molecule has 0 radical (unpaired) electrons. The molecule has 0 aromatic heterocycles. The van der Waals surface area contributed by atoms with Gasteiger partial charge in [0, 0.05) is 12.1 Å². The van der Waals surface area contributed by atoms with E-state index in [1.54, 1.807) is 6.92 Å². The Balaban J connectivity index is 3.08. The third-order valence-electron chi connectivity index (χ3n) is 1.67. The summed E-state index contributed by atoms with van der Waals surface area (Å²) in [6.07, 6.45) is -1.24. The number of nitro benzene ring substituents is 1. The van der Waals surface area contributed by atoms with Crippen LogP contribution in [-0.4, -0.2) is 16.1 Å². The molecule has 0 unspecified atom stereocenters. The predicted molar refractivity (Wildman–Crippen MR) is 49.5 cm³/mol. The molecule has 0 saturated heterocycles. The van der Waals surface area contributed by atoms with Crippen LogP contribution >= 0.6 is 0 Å². The first-order chi connectivity index (χ1) is 6.50. The highest BCUT2D eigenvalue weighted by Crippen LogP contribution is 2.21.